The van der Waals surface area contributed by atoms with Gasteiger partial charge in [-0.25, -0.2) is 0 Å². The van der Waals surface area contributed by atoms with Gasteiger partial charge in [-0.05, 0) is 23.3 Å². The lowest BCUT2D eigenvalue weighted by atomic mass is 9.86. The first-order chi connectivity index (χ1) is 12.6. The molecule has 3 rings (SSSR count). The standard InChI is InChI=1S/C21H18O5/c1-24-15-11-9-14(10-12-15)17-19(23)20(25-2)16(18(22)21(17)26-3)13-7-5-4-6-8-13/h4-12H,1-3H3. The number of benzene rings is 2. The van der Waals surface area contributed by atoms with Crippen molar-refractivity contribution in [3.05, 3.63) is 77.2 Å². The maximum absolute atomic E-state index is 13.1. The Hall–Kier alpha value is -3.34. The molecule has 132 valence electrons. The zero-order valence-corrected chi connectivity index (χ0v) is 14.7. The van der Waals surface area contributed by atoms with E-state index in [4.69, 9.17) is 14.2 Å². The molecule has 0 N–H and O–H groups in total. The molecule has 1 aliphatic carbocycles. The second kappa shape index (κ2) is 7.27. The van der Waals surface area contributed by atoms with Gasteiger partial charge in [0, 0.05) is 0 Å². The topological polar surface area (TPSA) is 61.8 Å². The fraction of sp³-hybridized carbons (Fsp3) is 0.143. The molecule has 0 spiro atoms. The van der Waals surface area contributed by atoms with Crippen molar-refractivity contribution in [2.24, 2.45) is 0 Å². The molecule has 1 aliphatic rings. The Bertz CT molecular complexity index is 905. The smallest absolute Gasteiger partial charge is 0.232 e. The molecule has 0 fully saturated rings. The Balaban J connectivity index is 2.18. The molecule has 2 aromatic rings. The van der Waals surface area contributed by atoms with Crippen LogP contribution in [0.4, 0.5) is 0 Å². The number of carbonyl (C=O) groups is 2. The van der Waals surface area contributed by atoms with E-state index in [2.05, 4.69) is 0 Å². The maximum atomic E-state index is 13.1. The number of ketones is 2. The maximum Gasteiger partial charge on any atom is 0.232 e. The van der Waals surface area contributed by atoms with Crippen molar-refractivity contribution in [2.75, 3.05) is 21.3 Å². The Kier molecular flexibility index (Phi) is 4.89. The second-order valence-corrected chi connectivity index (χ2v) is 5.57. The number of carbonyl (C=O) groups excluding carboxylic acids is 2. The van der Waals surface area contributed by atoms with Crippen LogP contribution in [0.5, 0.6) is 5.75 Å². The zero-order valence-electron chi connectivity index (χ0n) is 14.7. The lowest BCUT2D eigenvalue weighted by Crippen LogP contribution is -2.24. The van der Waals surface area contributed by atoms with Gasteiger partial charge in [0.05, 0.1) is 32.5 Å². The largest absolute Gasteiger partial charge is 0.497 e. The van der Waals surface area contributed by atoms with E-state index in [0.29, 0.717) is 16.9 Å². The van der Waals surface area contributed by atoms with Crippen molar-refractivity contribution in [1.29, 1.82) is 0 Å². The summed E-state index contributed by atoms with van der Waals surface area (Å²) in [5.74, 6) is -0.128. The molecule has 0 bridgehead atoms. The van der Waals surface area contributed by atoms with Crippen molar-refractivity contribution in [2.45, 2.75) is 0 Å². The highest BCUT2D eigenvalue weighted by Gasteiger charge is 2.37. The van der Waals surface area contributed by atoms with E-state index < -0.39 is 5.78 Å². The SMILES string of the molecule is COC1=C(c2ccccc2)C(=O)C(OC)=C(c2ccc(OC)cc2)C1=O. The van der Waals surface area contributed by atoms with Crippen molar-refractivity contribution in [3.8, 4) is 5.75 Å². The predicted octanol–water partition coefficient (Wildman–Crippen LogP) is 3.26. The molecule has 0 radical (unpaired) electrons. The van der Waals surface area contributed by atoms with Crippen LogP contribution >= 0.6 is 0 Å². The van der Waals surface area contributed by atoms with Gasteiger partial charge in [-0.15, -0.1) is 0 Å². The number of rotatable bonds is 5. The first-order valence-electron chi connectivity index (χ1n) is 7.98. The van der Waals surface area contributed by atoms with E-state index in [1.165, 1.54) is 14.2 Å². The van der Waals surface area contributed by atoms with Gasteiger partial charge in [-0.1, -0.05) is 42.5 Å². The molecule has 2 aromatic carbocycles. The molecule has 0 aliphatic heterocycles. The number of hydrogen-bond acceptors (Lipinski definition) is 5. The molecular weight excluding hydrogens is 332 g/mol. The van der Waals surface area contributed by atoms with Crippen molar-refractivity contribution in [3.63, 3.8) is 0 Å². The Labute approximate surface area is 151 Å². The third-order valence-electron chi connectivity index (χ3n) is 4.17. The van der Waals surface area contributed by atoms with Crippen LogP contribution in [-0.4, -0.2) is 32.9 Å². The van der Waals surface area contributed by atoms with Crippen molar-refractivity contribution < 1.29 is 23.8 Å². The summed E-state index contributed by atoms with van der Waals surface area (Å²) in [6, 6.07) is 15.8. The van der Waals surface area contributed by atoms with E-state index in [0.717, 1.165) is 0 Å². The summed E-state index contributed by atoms with van der Waals surface area (Å²) in [5.41, 5.74) is 1.54. The zero-order chi connectivity index (χ0) is 18.7. The van der Waals surface area contributed by atoms with Gasteiger partial charge in [0.2, 0.25) is 11.6 Å². The molecule has 0 atom stereocenters. The van der Waals surface area contributed by atoms with E-state index in [1.54, 1.807) is 55.6 Å². The van der Waals surface area contributed by atoms with Gasteiger partial charge in [0.25, 0.3) is 0 Å². The number of hydrogen-bond donors (Lipinski definition) is 0. The monoisotopic (exact) mass is 350 g/mol. The minimum atomic E-state index is -0.395. The van der Waals surface area contributed by atoms with Crippen LogP contribution in [0.15, 0.2) is 66.1 Å². The van der Waals surface area contributed by atoms with Crippen LogP contribution in [0.1, 0.15) is 11.1 Å². The summed E-state index contributed by atoms with van der Waals surface area (Å²) in [5, 5.41) is 0. The van der Waals surface area contributed by atoms with Crippen molar-refractivity contribution in [1.82, 2.24) is 0 Å². The van der Waals surface area contributed by atoms with Gasteiger partial charge in [-0.2, -0.15) is 0 Å². The molecule has 0 amide bonds. The summed E-state index contributed by atoms with van der Waals surface area (Å²) in [6.45, 7) is 0. The van der Waals surface area contributed by atoms with E-state index in [9.17, 15) is 9.59 Å². The summed E-state index contributed by atoms with van der Waals surface area (Å²) in [4.78, 5) is 26.2. The van der Waals surface area contributed by atoms with E-state index >= 15 is 0 Å². The molecule has 5 nitrogen and oxygen atoms in total. The molecule has 5 heteroatoms. The normalized spacial score (nSPS) is 14.6. The van der Waals surface area contributed by atoms with Crippen LogP contribution in [0.2, 0.25) is 0 Å². The summed E-state index contributed by atoms with van der Waals surface area (Å²) >= 11 is 0. The third kappa shape index (κ3) is 2.88. The van der Waals surface area contributed by atoms with Crippen LogP contribution in [0.25, 0.3) is 11.1 Å². The molecule has 0 heterocycles. The molecular formula is C21H18O5. The highest BCUT2D eigenvalue weighted by molar-refractivity contribution is 6.46. The third-order valence-corrected chi connectivity index (χ3v) is 4.17. The molecule has 0 saturated carbocycles. The summed E-state index contributed by atoms with van der Waals surface area (Å²) in [6.07, 6.45) is 0. The first-order valence-corrected chi connectivity index (χ1v) is 7.98. The Morgan fingerprint density at radius 3 is 1.46 bits per heavy atom. The van der Waals surface area contributed by atoms with Crippen LogP contribution in [0.3, 0.4) is 0 Å². The number of methoxy groups -OCH3 is 3. The summed E-state index contributed by atoms with van der Waals surface area (Å²) in [7, 11) is 4.32. The summed E-state index contributed by atoms with van der Waals surface area (Å²) < 4.78 is 15.8. The quantitative estimate of drug-likeness (QED) is 0.775. The molecule has 26 heavy (non-hydrogen) atoms. The molecule has 0 unspecified atom stereocenters. The fourth-order valence-corrected chi connectivity index (χ4v) is 2.94. The predicted molar refractivity (Wildman–Crippen MR) is 97.3 cm³/mol. The van der Waals surface area contributed by atoms with Crippen LogP contribution in [0, 0.1) is 0 Å². The molecule has 0 saturated heterocycles. The number of ether oxygens (including phenoxy) is 3. The van der Waals surface area contributed by atoms with Crippen molar-refractivity contribution >= 4 is 22.7 Å². The lowest BCUT2D eigenvalue weighted by Gasteiger charge is -2.22. The van der Waals surface area contributed by atoms with Gasteiger partial charge >= 0.3 is 0 Å². The number of allylic oxidation sites excluding steroid dienone is 2. The number of Topliss-reactive ketones (excluding diaryl/α,β-unsaturated/α-hetero) is 2. The second-order valence-electron chi connectivity index (χ2n) is 5.57. The average molecular weight is 350 g/mol. The van der Waals surface area contributed by atoms with Crippen LogP contribution in [-0.2, 0) is 19.1 Å². The fourth-order valence-electron chi connectivity index (χ4n) is 2.94. The van der Waals surface area contributed by atoms with Crippen LogP contribution < -0.4 is 4.74 Å². The van der Waals surface area contributed by atoms with E-state index in [-0.39, 0.29) is 28.4 Å². The van der Waals surface area contributed by atoms with Gasteiger partial charge < -0.3 is 14.2 Å². The Morgan fingerprint density at radius 2 is 1.04 bits per heavy atom. The minimum absolute atomic E-state index is 0.000167. The highest BCUT2D eigenvalue weighted by Crippen LogP contribution is 2.36. The van der Waals surface area contributed by atoms with E-state index in [1.807, 2.05) is 6.07 Å². The lowest BCUT2D eigenvalue weighted by molar-refractivity contribution is -0.117. The first kappa shape index (κ1) is 17.5. The Morgan fingerprint density at radius 1 is 0.577 bits per heavy atom. The highest BCUT2D eigenvalue weighted by atomic mass is 16.5. The minimum Gasteiger partial charge on any atom is -0.497 e. The molecule has 0 aromatic heterocycles. The van der Waals surface area contributed by atoms with Gasteiger partial charge in [0.1, 0.15) is 5.75 Å². The average Bonchev–Trinajstić information content (AvgIpc) is 2.69. The van der Waals surface area contributed by atoms with Gasteiger partial charge in [0.15, 0.2) is 11.5 Å². The van der Waals surface area contributed by atoms with Gasteiger partial charge in [-0.3, -0.25) is 9.59 Å².